The van der Waals surface area contributed by atoms with E-state index in [4.69, 9.17) is 4.52 Å². The van der Waals surface area contributed by atoms with Gasteiger partial charge in [-0.3, -0.25) is 0 Å². The van der Waals surface area contributed by atoms with Crippen molar-refractivity contribution in [3.8, 4) is 0 Å². The van der Waals surface area contributed by atoms with E-state index in [1.807, 2.05) is 6.92 Å². The SMILES string of the molecule is CCc1noc2ncc(S(=O)(=O)NC3CCCNC3)cc12.Cl. The Morgan fingerprint density at radius 1 is 1.50 bits per heavy atom. The quantitative estimate of drug-likeness (QED) is 0.864. The van der Waals surface area contributed by atoms with Crippen LogP contribution in [0.3, 0.4) is 0 Å². The third-order valence-electron chi connectivity index (χ3n) is 3.64. The van der Waals surface area contributed by atoms with Crippen LogP contribution >= 0.6 is 12.4 Å². The van der Waals surface area contributed by atoms with E-state index in [1.54, 1.807) is 6.07 Å². The molecule has 1 unspecified atom stereocenters. The van der Waals surface area contributed by atoms with Crippen molar-refractivity contribution in [2.45, 2.75) is 37.1 Å². The van der Waals surface area contributed by atoms with Gasteiger partial charge in [0, 0.05) is 12.6 Å². The minimum Gasteiger partial charge on any atom is -0.336 e. The van der Waals surface area contributed by atoms with Crippen LogP contribution < -0.4 is 10.0 Å². The fourth-order valence-electron chi connectivity index (χ4n) is 2.50. The number of nitrogens with zero attached hydrogens (tertiary/aromatic N) is 2. The first-order valence-electron chi connectivity index (χ1n) is 7.07. The predicted molar refractivity (Wildman–Crippen MR) is 84.6 cm³/mol. The smallest absolute Gasteiger partial charge is 0.258 e. The first kappa shape index (κ1) is 17.1. The molecule has 3 heterocycles. The fourth-order valence-corrected chi connectivity index (χ4v) is 3.74. The Morgan fingerprint density at radius 3 is 3.00 bits per heavy atom. The summed E-state index contributed by atoms with van der Waals surface area (Å²) >= 11 is 0. The molecule has 22 heavy (non-hydrogen) atoms. The molecule has 2 N–H and O–H groups in total. The summed E-state index contributed by atoms with van der Waals surface area (Å²) in [5.41, 5.74) is 1.08. The summed E-state index contributed by atoms with van der Waals surface area (Å²) in [5.74, 6) is 0. The lowest BCUT2D eigenvalue weighted by Gasteiger charge is -2.23. The van der Waals surface area contributed by atoms with Crippen LogP contribution in [-0.4, -0.2) is 37.7 Å². The molecule has 0 radical (unpaired) electrons. The third-order valence-corrected chi connectivity index (χ3v) is 5.13. The molecule has 1 saturated heterocycles. The van der Waals surface area contributed by atoms with Gasteiger partial charge < -0.3 is 9.84 Å². The Labute approximate surface area is 135 Å². The summed E-state index contributed by atoms with van der Waals surface area (Å²) < 4.78 is 32.7. The molecule has 0 bridgehead atoms. The maximum Gasteiger partial charge on any atom is 0.258 e. The lowest BCUT2D eigenvalue weighted by Crippen LogP contribution is -2.45. The fraction of sp³-hybridized carbons (Fsp3) is 0.538. The zero-order valence-corrected chi connectivity index (χ0v) is 13.8. The zero-order valence-electron chi connectivity index (χ0n) is 12.2. The molecule has 0 saturated carbocycles. The molecule has 7 nitrogen and oxygen atoms in total. The lowest BCUT2D eigenvalue weighted by atomic mass is 10.1. The van der Waals surface area contributed by atoms with E-state index < -0.39 is 10.0 Å². The van der Waals surface area contributed by atoms with Crippen molar-refractivity contribution in [3.63, 3.8) is 0 Å². The number of nitrogens with one attached hydrogen (secondary N) is 2. The summed E-state index contributed by atoms with van der Waals surface area (Å²) in [6.45, 7) is 3.53. The van der Waals surface area contributed by atoms with Gasteiger partial charge in [-0.05, 0) is 31.9 Å². The summed E-state index contributed by atoms with van der Waals surface area (Å²) in [4.78, 5) is 4.20. The minimum absolute atomic E-state index is 0. The van der Waals surface area contributed by atoms with Gasteiger partial charge in [-0.25, -0.2) is 18.1 Å². The molecule has 0 aliphatic carbocycles. The van der Waals surface area contributed by atoms with Crippen molar-refractivity contribution in [2.24, 2.45) is 0 Å². The van der Waals surface area contributed by atoms with Crippen molar-refractivity contribution < 1.29 is 12.9 Å². The molecule has 1 aliphatic heterocycles. The maximum atomic E-state index is 12.4. The van der Waals surface area contributed by atoms with E-state index in [0.717, 1.165) is 19.4 Å². The van der Waals surface area contributed by atoms with Crippen LogP contribution in [0.5, 0.6) is 0 Å². The monoisotopic (exact) mass is 346 g/mol. The summed E-state index contributed by atoms with van der Waals surface area (Å²) in [5, 5.41) is 7.73. The van der Waals surface area contributed by atoms with Gasteiger partial charge in [-0.15, -0.1) is 12.4 Å². The molecular formula is C13H19ClN4O3S. The van der Waals surface area contributed by atoms with E-state index in [9.17, 15) is 8.42 Å². The predicted octanol–water partition coefficient (Wildman–Crippen LogP) is 1.24. The highest BCUT2D eigenvalue weighted by molar-refractivity contribution is 7.89. The lowest BCUT2D eigenvalue weighted by molar-refractivity contribution is 0.428. The van der Waals surface area contributed by atoms with Crippen molar-refractivity contribution in [3.05, 3.63) is 18.0 Å². The second-order valence-corrected chi connectivity index (χ2v) is 6.89. The summed E-state index contributed by atoms with van der Waals surface area (Å²) in [7, 11) is -3.58. The van der Waals surface area contributed by atoms with Gasteiger partial charge in [0.2, 0.25) is 10.0 Å². The first-order chi connectivity index (χ1) is 10.1. The molecule has 0 aromatic carbocycles. The van der Waals surface area contributed by atoms with E-state index in [1.165, 1.54) is 6.20 Å². The number of rotatable bonds is 4. The zero-order chi connectivity index (χ0) is 14.9. The molecule has 9 heteroatoms. The average molecular weight is 347 g/mol. The molecule has 1 fully saturated rings. The molecule has 2 aromatic heterocycles. The van der Waals surface area contributed by atoms with E-state index in [0.29, 0.717) is 29.8 Å². The number of halogens is 1. The highest BCUT2D eigenvalue weighted by Gasteiger charge is 2.23. The second-order valence-electron chi connectivity index (χ2n) is 5.17. The Balaban J connectivity index is 0.00000176. The van der Waals surface area contributed by atoms with Crippen molar-refractivity contribution in [1.82, 2.24) is 20.2 Å². The normalized spacial score (nSPS) is 19.0. The second kappa shape index (κ2) is 6.91. The number of hydrogen-bond donors (Lipinski definition) is 2. The van der Waals surface area contributed by atoms with E-state index in [-0.39, 0.29) is 23.3 Å². The van der Waals surface area contributed by atoms with Crippen molar-refractivity contribution in [2.75, 3.05) is 13.1 Å². The number of aryl methyl sites for hydroxylation is 1. The van der Waals surface area contributed by atoms with Gasteiger partial charge in [0.05, 0.1) is 17.3 Å². The molecule has 1 atom stereocenters. The van der Waals surface area contributed by atoms with Gasteiger partial charge in [0.1, 0.15) is 4.90 Å². The van der Waals surface area contributed by atoms with Crippen LogP contribution in [-0.2, 0) is 16.4 Å². The van der Waals surface area contributed by atoms with Crippen LogP contribution in [0, 0.1) is 0 Å². The van der Waals surface area contributed by atoms with Crippen LogP contribution in [0.4, 0.5) is 0 Å². The third kappa shape index (κ3) is 3.40. The Hall–Kier alpha value is -1.22. The molecular weight excluding hydrogens is 328 g/mol. The number of fused-ring (bicyclic) bond motifs is 1. The standard InChI is InChI=1S/C13H18N4O3S.ClH/c1-2-12-11-6-10(8-15-13(11)20-16-12)21(18,19)17-9-4-3-5-14-7-9;/h6,8-9,14,17H,2-5,7H2,1H3;1H. The highest BCUT2D eigenvalue weighted by Crippen LogP contribution is 2.21. The van der Waals surface area contributed by atoms with Gasteiger partial charge in [-0.2, -0.15) is 0 Å². The number of piperidine rings is 1. The Morgan fingerprint density at radius 2 is 2.32 bits per heavy atom. The van der Waals surface area contributed by atoms with Crippen LogP contribution in [0.15, 0.2) is 21.7 Å². The molecule has 122 valence electrons. The number of pyridine rings is 1. The molecule has 1 aliphatic rings. The van der Waals surface area contributed by atoms with Gasteiger partial charge in [-0.1, -0.05) is 12.1 Å². The average Bonchev–Trinajstić information content (AvgIpc) is 2.90. The van der Waals surface area contributed by atoms with E-state index in [2.05, 4.69) is 20.2 Å². The Kier molecular flexibility index (Phi) is 5.38. The Bertz CT molecular complexity index is 741. The first-order valence-corrected chi connectivity index (χ1v) is 8.56. The molecule has 0 spiro atoms. The van der Waals surface area contributed by atoms with Crippen LogP contribution in [0.2, 0.25) is 0 Å². The molecule has 3 rings (SSSR count). The largest absolute Gasteiger partial charge is 0.336 e. The topological polar surface area (TPSA) is 97.1 Å². The van der Waals surface area contributed by atoms with Crippen molar-refractivity contribution >= 4 is 33.5 Å². The van der Waals surface area contributed by atoms with Gasteiger partial charge >= 0.3 is 0 Å². The van der Waals surface area contributed by atoms with Crippen LogP contribution in [0.25, 0.3) is 11.1 Å². The number of sulfonamides is 1. The highest BCUT2D eigenvalue weighted by atomic mass is 35.5. The number of hydrogen-bond acceptors (Lipinski definition) is 6. The summed E-state index contributed by atoms with van der Waals surface area (Å²) in [6, 6.07) is 1.50. The molecule has 0 amide bonds. The van der Waals surface area contributed by atoms with Gasteiger partial charge in [0.25, 0.3) is 5.71 Å². The van der Waals surface area contributed by atoms with Crippen molar-refractivity contribution in [1.29, 1.82) is 0 Å². The summed E-state index contributed by atoms with van der Waals surface area (Å²) in [6.07, 6.45) is 3.79. The van der Waals surface area contributed by atoms with Gasteiger partial charge in [0.15, 0.2) is 0 Å². The van der Waals surface area contributed by atoms with Crippen LogP contribution in [0.1, 0.15) is 25.5 Å². The number of aromatic nitrogens is 2. The van der Waals surface area contributed by atoms with E-state index >= 15 is 0 Å². The maximum absolute atomic E-state index is 12.4. The minimum atomic E-state index is -3.58. The molecule has 2 aromatic rings.